The van der Waals surface area contributed by atoms with Crippen molar-refractivity contribution < 1.29 is 79.5 Å². The van der Waals surface area contributed by atoms with E-state index >= 15 is 0 Å². The largest absolute Gasteiger partial charge is 0.353 e. The first-order valence-corrected chi connectivity index (χ1v) is 48.8. The molecule has 6 aliphatic heterocycles. The number of nitrogens with one attached hydrogen (secondary N) is 6. The van der Waals surface area contributed by atoms with Crippen molar-refractivity contribution in [1.82, 2.24) is 31.9 Å². The minimum atomic E-state index is -1.15. The second kappa shape index (κ2) is 47.5. The van der Waals surface area contributed by atoms with Crippen LogP contribution in [0.1, 0.15) is 225 Å². The normalized spacial score (nSPS) is 21.1. The number of carbonyl (C=O) groups is 12. The Balaban J connectivity index is 0.000000190. The molecule has 24 nitrogen and oxygen atoms in total. The summed E-state index contributed by atoms with van der Waals surface area (Å²) in [6.45, 7) is 40.8. The SMILES string of the molecule is CC(C)(C)NC(=O)C1CCCN(c2ccc(F)cc2)C1=O.CC(C)(C)NC(=O)[C@@]1(C)CCCN(c2ccc(F)cc2)C1=O.CC(C)(C)NC(=O)[C@]1(C)CCCN(c2ccc(F)cc2)C1=O.CC(C)NC(=O)C1(C)CCCN(c2ccc(F)cc2)C1=O.CC(C)NC(=O)[C@@]1(Cc2ccccc2)CCCN(c2ccc(F)cc2)C1=O.Cc1ccc(N2CCC[C@@](Cc3ccccc3)(C(=O)NC(C)(C)C)C2=O)cc1. The number of aryl methyl sites for hydroxylation is 1. The summed E-state index contributed by atoms with van der Waals surface area (Å²) in [5.74, 6) is -5.01. The molecule has 0 aromatic heterocycles. The van der Waals surface area contributed by atoms with Gasteiger partial charge in [0.05, 0.1) is 0 Å². The van der Waals surface area contributed by atoms with E-state index < -0.39 is 49.6 Å². The molecule has 141 heavy (non-hydrogen) atoms. The molecule has 8 aromatic rings. The molecule has 6 heterocycles. The molecule has 6 N–H and O–H groups in total. The Morgan fingerprint density at radius 3 is 0.858 bits per heavy atom. The summed E-state index contributed by atoms with van der Waals surface area (Å²) in [6.07, 6.45) is 8.41. The van der Waals surface area contributed by atoms with Crippen molar-refractivity contribution >= 4 is 105 Å². The van der Waals surface area contributed by atoms with Gasteiger partial charge < -0.3 is 61.3 Å². The Hall–Kier alpha value is -13.0. The molecule has 2 unspecified atom stereocenters. The summed E-state index contributed by atoms with van der Waals surface area (Å²) in [5.41, 5.74) is 0.0888. The van der Waals surface area contributed by atoms with E-state index in [2.05, 4.69) is 31.9 Å². The maximum absolute atomic E-state index is 13.7. The summed E-state index contributed by atoms with van der Waals surface area (Å²) in [5, 5.41) is 17.5. The van der Waals surface area contributed by atoms with Gasteiger partial charge in [0.2, 0.25) is 70.9 Å². The first-order chi connectivity index (χ1) is 66.0. The summed E-state index contributed by atoms with van der Waals surface area (Å²) in [6, 6.07) is 56.3. The third-order valence-corrected chi connectivity index (χ3v) is 25.3. The van der Waals surface area contributed by atoms with Crippen LogP contribution in [0.2, 0.25) is 0 Å². The number of carbonyl (C=O) groups excluding carboxylic acids is 12. The Morgan fingerprint density at radius 1 is 0.312 bits per heavy atom. The molecule has 758 valence electrons. The molecule has 6 atom stereocenters. The molecule has 14 rings (SSSR count). The van der Waals surface area contributed by atoms with E-state index in [1.807, 2.05) is 203 Å². The molecule has 0 saturated carbocycles. The van der Waals surface area contributed by atoms with Crippen molar-refractivity contribution in [1.29, 1.82) is 0 Å². The zero-order valence-electron chi connectivity index (χ0n) is 85.5. The third kappa shape index (κ3) is 29.8. The van der Waals surface area contributed by atoms with Gasteiger partial charge in [-0.1, -0.05) is 78.4 Å². The van der Waals surface area contributed by atoms with Crippen LogP contribution in [0.25, 0.3) is 0 Å². The van der Waals surface area contributed by atoms with E-state index in [-0.39, 0.29) is 118 Å². The highest BCUT2D eigenvalue weighted by Crippen LogP contribution is 2.43. The summed E-state index contributed by atoms with van der Waals surface area (Å²) < 4.78 is 65.4. The van der Waals surface area contributed by atoms with E-state index in [1.165, 1.54) is 60.7 Å². The van der Waals surface area contributed by atoms with Crippen molar-refractivity contribution in [3.8, 4) is 0 Å². The first-order valence-electron chi connectivity index (χ1n) is 48.8. The molecule has 6 fully saturated rings. The predicted molar refractivity (Wildman–Crippen MR) is 544 cm³/mol. The maximum Gasteiger partial charge on any atom is 0.243 e. The number of anilines is 6. The van der Waals surface area contributed by atoms with Crippen molar-refractivity contribution in [3.05, 3.63) is 252 Å². The predicted octanol–water partition coefficient (Wildman–Crippen LogP) is 18.7. The summed E-state index contributed by atoms with van der Waals surface area (Å²) in [4.78, 5) is 164. The van der Waals surface area contributed by atoms with Crippen LogP contribution in [0.5, 0.6) is 0 Å². The second-order valence-electron chi connectivity index (χ2n) is 42.8. The van der Waals surface area contributed by atoms with Gasteiger partial charge in [0.15, 0.2) is 0 Å². The highest BCUT2D eigenvalue weighted by molar-refractivity contribution is 6.16. The maximum atomic E-state index is 13.7. The number of amides is 12. The van der Waals surface area contributed by atoms with Gasteiger partial charge in [0.25, 0.3) is 0 Å². The molecular weight excluding hydrogens is 1800 g/mol. The van der Waals surface area contributed by atoms with Crippen molar-refractivity contribution in [2.45, 2.75) is 263 Å². The van der Waals surface area contributed by atoms with Gasteiger partial charge in [-0.05, 0) is 373 Å². The van der Waals surface area contributed by atoms with E-state index in [4.69, 9.17) is 0 Å². The lowest BCUT2D eigenvalue weighted by Crippen LogP contribution is -2.60. The highest BCUT2D eigenvalue weighted by atomic mass is 19.1. The zero-order valence-corrected chi connectivity index (χ0v) is 85.5. The second-order valence-corrected chi connectivity index (χ2v) is 42.8. The minimum absolute atomic E-state index is 0.0108. The van der Waals surface area contributed by atoms with Crippen LogP contribution < -0.4 is 61.3 Å². The Kier molecular flexibility index (Phi) is 37.7. The molecular formula is C112H143F5N12O12. The fourth-order valence-electron chi connectivity index (χ4n) is 17.9. The topological polar surface area (TPSA) is 296 Å². The number of halogens is 5. The molecule has 0 aliphatic carbocycles. The Bertz CT molecular complexity index is 5550. The molecule has 6 aliphatic rings. The Labute approximate surface area is 828 Å². The van der Waals surface area contributed by atoms with Crippen molar-refractivity contribution in [2.24, 2.45) is 33.0 Å². The quantitative estimate of drug-likeness (QED) is 0.0345. The molecule has 0 bridgehead atoms. The molecule has 6 saturated heterocycles. The number of hydrogen-bond donors (Lipinski definition) is 6. The van der Waals surface area contributed by atoms with Gasteiger partial charge in [0, 0.05) is 108 Å². The monoisotopic (exact) mass is 1940 g/mol. The summed E-state index contributed by atoms with van der Waals surface area (Å²) in [7, 11) is 0. The van der Waals surface area contributed by atoms with Crippen molar-refractivity contribution in [3.63, 3.8) is 0 Å². The zero-order chi connectivity index (χ0) is 104. The molecule has 29 heteroatoms. The number of nitrogens with zero attached hydrogens (tertiary/aromatic N) is 6. The lowest BCUT2D eigenvalue weighted by atomic mass is 9.73. The van der Waals surface area contributed by atoms with E-state index in [0.717, 1.165) is 54.5 Å². The molecule has 0 radical (unpaired) electrons. The van der Waals surface area contributed by atoms with Crippen LogP contribution >= 0.6 is 0 Å². The average molecular weight is 1940 g/mol. The first kappa shape index (κ1) is 112. The van der Waals surface area contributed by atoms with Gasteiger partial charge in [-0.15, -0.1) is 0 Å². The van der Waals surface area contributed by atoms with Gasteiger partial charge in [0.1, 0.15) is 62.1 Å². The van der Waals surface area contributed by atoms with Crippen LogP contribution in [-0.4, -0.2) is 144 Å². The van der Waals surface area contributed by atoms with Crippen LogP contribution in [0.15, 0.2) is 206 Å². The number of hydrogen-bond acceptors (Lipinski definition) is 12. The van der Waals surface area contributed by atoms with Crippen LogP contribution in [0.4, 0.5) is 56.1 Å². The lowest BCUT2D eigenvalue weighted by molar-refractivity contribution is -0.146. The minimum Gasteiger partial charge on any atom is -0.353 e. The van der Waals surface area contributed by atoms with Crippen LogP contribution in [0.3, 0.4) is 0 Å². The van der Waals surface area contributed by atoms with Crippen molar-refractivity contribution in [2.75, 3.05) is 68.7 Å². The molecule has 12 amide bonds. The van der Waals surface area contributed by atoms with E-state index in [9.17, 15) is 79.5 Å². The van der Waals surface area contributed by atoms with E-state index in [0.29, 0.717) is 125 Å². The fourth-order valence-corrected chi connectivity index (χ4v) is 17.9. The van der Waals surface area contributed by atoms with Crippen LogP contribution in [-0.2, 0) is 70.4 Å². The molecule has 8 aromatic carbocycles. The van der Waals surface area contributed by atoms with Gasteiger partial charge in [-0.2, -0.15) is 0 Å². The Morgan fingerprint density at radius 2 is 0.560 bits per heavy atom. The smallest absolute Gasteiger partial charge is 0.243 e. The number of piperidine rings is 6. The average Bonchev–Trinajstić information content (AvgIpc) is 0.760. The van der Waals surface area contributed by atoms with Gasteiger partial charge in [-0.25, -0.2) is 22.0 Å². The molecule has 0 spiro atoms. The third-order valence-electron chi connectivity index (χ3n) is 25.3. The number of benzene rings is 8. The van der Waals surface area contributed by atoms with E-state index in [1.54, 1.807) is 111 Å². The number of rotatable bonds is 18. The van der Waals surface area contributed by atoms with Crippen LogP contribution in [0, 0.1) is 69.0 Å². The lowest BCUT2D eigenvalue weighted by Gasteiger charge is -2.42. The fraction of sp³-hybridized carbons (Fsp3) is 0.464. The summed E-state index contributed by atoms with van der Waals surface area (Å²) >= 11 is 0. The highest BCUT2D eigenvalue weighted by Gasteiger charge is 2.55. The van der Waals surface area contributed by atoms with Gasteiger partial charge >= 0.3 is 0 Å². The van der Waals surface area contributed by atoms with Gasteiger partial charge in [-0.3, -0.25) is 57.5 Å². The standard InChI is InChI=1S/C24H30N2O2.C22H25FN2O2.2C17H23FN2O2.2C16H21FN2O2/c1-18-11-13-20(14-12-18)26-16-8-15-24(22(26)28,21(27)25-23(2,3)4)17-19-9-6-5-7-10-19;1-16(2)24-20(26)22(15-17-7-4-3-5-8-17)13-6-14-25(21(22)27)19-11-9-18(23)10-12-19;2*1-16(2,3)19-14(21)17(4)10-5-11-20(15(17)22)13-8-6-12(18)7-9-13;1-11(2)18-14(20)16(3)9-4-10-19(15(16)21)13-7-5-12(17)6-8-13;1-16(2,3)18-14(20)13-5-4-10-19(15(13)21)12-8-6-11(17)7-9-12/h5-7,9-14H,8,15-17H2,1-4H3,(H,25,27);3-5,7-12,16H,6,13-15H2,1-2H3,(H,24,26);2*6-9H,5,10-11H2,1-4H3,(H,19,21);5-8,11H,4,9-10H2,1-3H3,(H,18,20);6-9,13H,4-5,10H2,1-3H3,(H,18,20)/t24-;22-;2*17-;;/m1010../s1.